The van der Waals surface area contributed by atoms with E-state index in [4.69, 9.17) is 32.7 Å². The zero-order valence-corrected chi connectivity index (χ0v) is 15.9. The fourth-order valence-corrected chi connectivity index (χ4v) is 2.65. The van der Waals surface area contributed by atoms with Gasteiger partial charge < -0.3 is 14.2 Å². The monoisotopic (exact) mass is 438 g/mol. The number of carbonyl (C=O) groups excluding carboxylic acids is 1. The minimum atomic E-state index is -0.426. The van der Waals surface area contributed by atoms with E-state index in [-0.39, 0.29) is 10.9 Å². The SMILES string of the molecule is O=C(NC(=S)NCc1ccc(-c2ccc(Cl)cc2)o1)c1ccc(Br)o1. The van der Waals surface area contributed by atoms with Crippen LogP contribution in [0.5, 0.6) is 0 Å². The van der Waals surface area contributed by atoms with Gasteiger partial charge in [0, 0.05) is 10.6 Å². The third-order valence-corrected chi connectivity index (χ3v) is 4.16. The first-order valence-corrected chi connectivity index (χ1v) is 8.78. The summed E-state index contributed by atoms with van der Waals surface area (Å²) in [4.78, 5) is 11.9. The predicted molar refractivity (Wildman–Crippen MR) is 102 cm³/mol. The Balaban J connectivity index is 1.54. The van der Waals surface area contributed by atoms with Crippen molar-refractivity contribution >= 4 is 50.8 Å². The average Bonchev–Trinajstić information content (AvgIpc) is 3.23. The van der Waals surface area contributed by atoms with Crippen molar-refractivity contribution in [2.75, 3.05) is 0 Å². The van der Waals surface area contributed by atoms with Crippen LogP contribution in [0, 0.1) is 0 Å². The van der Waals surface area contributed by atoms with Crippen LogP contribution in [0.3, 0.4) is 0 Å². The summed E-state index contributed by atoms with van der Waals surface area (Å²) in [6.45, 7) is 0.342. The predicted octanol–water partition coefficient (Wildman–Crippen LogP) is 4.76. The molecule has 2 heterocycles. The maximum Gasteiger partial charge on any atom is 0.293 e. The molecular formula is C17H12BrClN2O3S. The molecular weight excluding hydrogens is 428 g/mol. The third-order valence-electron chi connectivity index (χ3n) is 3.24. The summed E-state index contributed by atoms with van der Waals surface area (Å²) in [7, 11) is 0. The van der Waals surface area contributed by atoms with Crippen LogP contribution in [0.25, 0.3) is 11.3 Å². The number of furan rings is 2. The Bertz CT molecular complexity index is 905. The summed E-state index contributed by atoms with van der Waals surface area (Å²) in [6.07, 6.45) is 0. The van der Waals surface area contributed by atoms with E-state index in [1.165, 1.54) is 0 Å². The summed E-state index contributed by atoms with van der Waals surface area (Å²) in [5.74, 6) is 1.15. The topological polar surface area (TPSA) is 67.4 Å². The molecule has 5 nitrogen and oxygen atoms in total. The lowest BCUT2D eigenvalue weighted by molar-refractivity contribution is 0.0948. The van der Waals surface area contributed by atoms with Gasteiger partial charge in [-0.1, -0.05) is 11.6 Å². The average molecular weight is 440 g/mol. The number of amides is 1. The summed E-state index contributed by atoms with van der Waals surface area (Å²) in [6, 6.07) is 14.2. The van der Waals surface area contributed by atoms with Crippen molar-refractivity contribution in [3.05, 3.63) is 69.7 Å². The number of benzene rings is 1. The van der Waals surface area contributed by atoms with Crippen molar-refractivity contribution in [1.29, 1.82) is 0 Å². The van der Waals surface area contributed by atoms with E-state index < -0.39 is 5.91 Å². The molecule has 0 saturated carbocycles. The number of rotatable bonds is 4. The highest BCUT2D eigenvalue weighted by Crippen LogP contribution is 2.23. The van der Waals surface area contributed by atoms with Crippen LogP contribution in [-0.2, 0) is 6.54 Å². The molecule has 3 rings (SSSR count). The number of hydrogen-bond donors (Lipinski definition) is 2. The first-order valence-electron chi connectivity index (χ1n) is 7.20. The van der Waals surface area contributed by atoms with Gasteiger partial charge in [-0.25, -0.2) is 0 Å². The Labute approximate surface area is 162 Å². The van der Waals surface area contributed by atoms with Gasteiger partial charge in [-0.2, -0.15) is 0 Å². The van der Waals surface area contributed by atoms with Crippen LogP contribution in [0.4, 0.5) is 0 Å². The fourth-order valence-electron chi connectivity index (χ4n) is 2.05. The van der Waals surface area contributed by atoms with Crippen molar-refractivity contribution in [2.24, 2.45) is 0 Å². The van der Waals surface area contributed by atoms with Crippen molar-refractivity contribution in [1.82, 2.24) is 10.6 Å². The molecule has 0 radical (unpaired) electrons. The van der Waals surface area contributed by atoms with Gasteiger partial charge >= 0.3 is 0 Å². The van der Waals surface area contributed by atoms with Crippen molar-refractivity contribution in [2.45, 2.75) is 6.54 Å². The zero-order chi connectivity index (χ0) is 17.8. The van der Waals surface area contributed by atoms with Gasteiger partial charge in [0.1, 0.15) is 11.5 Å². The van der Waals surface area contributed by atoms with E-state index in [2.05, 4.69) is 26.6 Å². The molecule has 0 aliphatic heterocycles. The van der Waals surface area contributed by atoms with E-state index in [1.807, 2.05) is 24.3 Å². The Morgan fingerprint density at radius 3 is 2.52 bits per heavy atom. The molecule has 0 fully saturated rings. The van der Waals surface area contributed by atoms with Gasteiger partial charge in [-0.15, -0.1) is 0 Å². The molecule has 0 saturated heterocycles. The first kappa shape index (κ1) is 17.7. The molecule has 0 spiro atoms. The molecule has 1 aromatic carbocycles. The Kier molecular flexibility index (Phi) is 5.57. The number of halogens is 2. The summed E-state index contributed by atoms with van der Waals surface area (Å²) >= 11 is 14.1. The molecule has 0 unspecified atom stereocenters. The Morgan fingerprint density at radius 2 is 1.84 bits per heavy atom. The lowest BCUT2D eigenvalue weighted by Crippen LogP contribution is -2.38. The maximum absolute atomic E-state index is 11.9. The van der Waals surface area contributed by atoms with E-state index >= 15 is 0 Å². The fraction of sp³-hybridized carbons (Fsp3) is 0.0588. The van der Waals surface area contributed by atoms with Crippen molar-refractivity contribution in [3.8, 4) is 11.3 Å². The summed E-state index contributed by atoms with van der Waals surface area (Å²) < 4.78 is 11.4. The van der Waals surface area contributed by atoms with Gasteiger partial charge in [0.15, 0.2) is 15.5 Å². The van der Waals surface area contributed by atoms with Crippen LogP contribution in [0.1, 0.15) is 16.3 Å². The minimum Gasteiger partial charge on any atom is -0.459 e. The smallest absolute Gasteiger partial charge is 0.293 e. The van der Waals surface area contributed by atoms with Crippen LogP contribution in [0.2, 0.25) is 5.02 Å². The number of carbonyl (C=O) groups is 1. The highest BCUT2D eigenvalue weighted by Gasteiger charge is 2.12. The Hall–Kier alpha value is -2.09. The molecule has 25 heavy (non-hydrogen) atoms. The maximum atomic E-state index is 11.9. The highest BCUT2D eigenvalue weighted by atomic mass is 79.9. The molecule has 3 aromatic rings. The molecule has 0 aliphatic rings. The number of thiocarbonyl (C=S) groups is 1. The van der Waals surface area contributed by atoms with Crippen LogP contribution in [-0.4, -0.2) is 11.0 Å². The number of nitrogens with one attached hydrogen (secondary N) is 2. The van der Waals surface area contributed by atoms with Crippen molar-refractivity contribution in [3.63, 3.8) is 0 Å². The van der Waals surface area contributed by atoms with E-state index in [0.29, 0.717) is 22.0 Å². The van der Waals surface area contributed by atoms with Crippen LogP contribution >= 0.6 is 39.7 Å². The quantitative estimate of drug-likeness (QED) is 0.574. The normalized spacial score (nSPS) is 10.5. The second-order valence-electron chi connectivity index (χ2n) is 5.01. The molecule has 0 aliphatic carbocycles. The highest BCUT2D eigenvalue weighted by molar-refractivity contribution is 9.10. The molecule has 0 bridgehead atoms. The molecule has 1 amide bonds. The minimum absolute atomic E-state index is 0.166. The van der Waals surface area contributed by atoms with Gasteiger partial charge in [-0.05, 0) is 76.7 Å². The van der Waals surface area contributed by atoms with Crippen LogP contribution < -0.4 is 10.6 Å². The van der Waals surface area contributed by atoms with E-state index in [9.17, 15) is 4.79 Å². The van der Waals surface area contributed by atoms with E-state index in [1.54, 1.807) is 24.3 Å². The summed E-state index contributed by atoms with van der Waals surface area (Å²) in [5.41, 5.74) is 0.926. The van der Waals surface area contributed by atoms with Gasteiger partial charge in [0.05, 0.1) is 6.54 Å². The molecule has 0 atom stereocenters. The largest absolute Gasteiger partial charge is 0.459 e. The first-order chi connectivity index (χ1) is 12.0. The third kappa shape index (κ3) is 4.72. The molecule has 128 valence electrons. The zero-order valence-electron chi connectivity index (χ0n) is 12.7. The lowest BCUT2D eigenvalue weighted by Gasteiger charge is -2.07. The molecule has 8 heteroatoms. The lowest BCUT2D eigenvalue weighted by atomic mass is 10.2. The summed E-state index contributed by atoms with van der Waals surface area (Å²) in [5, 5.41) is 6.30. The molecule has 2 aromatic heterocycles. The van der Waals surface area contributed by atoms with Crippen LogP contribution in [0.15, 0.2) is 62.0 Å². The van der Waals surface area contributed by atoms with E-state index in [0.717, 1.165) is 11.3 Å². The van der Waals surface area contributed by atoms with Crippen molar-refractivity contribution < 1.29 is 13.6 Å². The second kappa shape index (κ2) is 7.86. The standard InChI is InChI=1S/C17H12BrClN2O3S/c18-15-8-7-14(24-15)16(22)21-17(25)20-9-12-5-6-13(23-12)10-1-3-11(19)4-2-10/h1-8H,9H2,(H2,20,21,22,25). The number of hydrogen-bond acceptors (Lipinski definition) is 4. The van der Waals surface area contributed by atoms with Gasteiger partial charge in [-0.3, -0.25) is 10.1 Å². The Morgan fingerprint density at radius 1 is 1.08 bits per heavy atom. The second-order valence-corrected chi connectivity index (χ2v) is 6.64. The molecule has 2 N–H and O–H groups in total. The van der Waals surface area contributed by atoms with Gasteiger partial charge in [0.2, 0.25) is 0 Å². The van der Waals surface area contributed by atoms with Gasteiger partial charge in [0.25, 0.3) is 5.91 Å².